The van der Waals surface area contributed by atoms with Crippen LogP contribution in [0.5, 0.6) is 0 Å². The maximum Gasteiger partial charge on any atom is 0.322 e. The topological polar surface area (TPSA) is 116 Å². The molecule has 0 spiro atoms. The van der Waals surface area contributed by atoms with E-state index in [1.165, 1.54) is 11.2 Å². The summed E-state index contributed by atoms with van der Waals surface area (Å²) in [4.78, 5) is 36.9. The number of urea groups is 1. The van der Waals surface area contributed by atoms with E-state index in [1.54, 1.807) is 13.0 Å². The van der Waals surface area contributed by atoms with E-state index >= 15 is 0 Å². The SMILES string of the molecule is CC(=O)N1CCc2c(C#CC3=CCN(S(=O)(=O)CC4(C)NC(=O)NC4=O)CC3)cccc2C1. The summed E-state index contributed by atoms with van der Waals surface area (Å²) >= 11 is 0. The molecule has 4 amide bonds. The van der Waals surface area contributed by atoms with Gasteiger partial charge in [-0.3, -0.25) is 14.9 Å². The fourth-order valence-corrected chi connectivity index (χ4v) is 6.08. The lowest BCUT2D eigenvalue weighted by molar-refractivity contribution is -0.129. The molecule has 10 heteroatoms. The van der Waals surface area contributed by atoms with E-state index in [4.69, 9.17) is 0 Å². The Morgan fingerprint density at radius 2 is 1.97 bits per heavy atom. The summed E-state index contributed by atoms with van der Waals surface area (Å²) in [5.74, 6) is 5.32. The number of sulfonamides is 1. The first-order valence-electron chi connectivity index (χ1n) is 10.8. The summed E-state index contributed by atoms with van der Waals surface area (Å²) in [5.41, 5.74) is 2.58. The van der Waals surface area contributed by atoms with Gasteiger partial charge in [-0.2, -0.15) is 4.31 Å². The molecule has 1 aromatic carbocycles. The first-order valence-corrected chi connectivity index (χ1v) is 12.4. The molecule has 1 fully saturated rings. The number of benzene rings is 1. The van der Waals surface area contributed by atoms with Crippen LogP contribution in [0, 0.1) is 11.8 Å². The fourth-order valence-electron chi connectivity index (χ4n) is 4.30. The Morgan fingerprint density at radius 1 is 1.18 bits per heavy atom. The van der Waals surface area contributed by atoms with Crippen molar-refractivity contribution in [1.29, 1.82) is 0 Å². The molecule has 0 bridgehead atoms. The van der Waals surface area contributed by atoms with E-state index < -0.39 is 33.3 Å². The number of nitrogens with zero attached hydrogens (tertiary/aromatic N) is 2. The minimum Gasteiger partial charge on any atom is -0.338 e. The third-order valence-electron chi connectivity index (χ3n) is 6.22. The standard InChI is InChI=1S/C23H26N4O5S/c1-16(28)26-11-10-20-18(4-3-5-19(20)14-26)7-6-17-8-12-27(13-9-17)33(31,32)15-23(2)21(29)24-22(30)25-23/h3-5,8H,9-15H2,1-2H3,(H2,24,25,29,30). The quantitative estimate of drug-likeness (QED) is 0.493. The lowest BCUT2D eigenvalue weighted by atomic mass is 9.94. The van der Waals surface area contributed by atoms with E-state index in [0.717, 1.165) is 28.7 Å². The maximum absolute atomic E-state index is 12.8. The fraction of sp³-hybridized carbons (Fsp3) is 0.435. The highest BCUT2D eigenvalue weighted by Crippen LogP contribution is 2.23. The lowest BCUT2D eigenvalue weighted by Crippen LogP contribution is -2.52. The van der Waals surface area contributed by atoms with Gasteiger partial charge in [-0.1, -0.05) is 30.0 Å². The maximum atomic E-state index is 12.8. The normalized spacial score (nSPS) is 23.1. The van der Waals surface area contributed by atoms with Gasteiger partial charge in [0, 0.05) is 44.2 Å². The van der Waals surface area contributed by atoms with Crippen molar-refractivity contribution in [2.24, 2.45) is 0 Å². The van der Waals surface area contributed by atoms with Crippen LogP contribution >= 0.6 is 0 Å². The summed E-state index contributed by atoms with van der Waals surface area (Å²) in [7, 11) is -3.76. The Hall–Kier alpha value is -3.16. The van der Waals surface area contributed by atoms with E-state index in [1.807, 2.05) is 23.1 Å². The highest BCUT2D eigenvalue weighted by atomic mass is 32.2. The zero-order valence-electron chi connectivity index (χ0n) is 18.6. The second-order valence-electron chi connectivity index (χ2n) is 8.72. The zero-order chi connectivity index (χ0) is 23.8. The van der Waals surface area contributed by atoms with E-state index in [0.29, 0.717) is 19.5 Å². The molecule has 2 N–H and O–H groups in total. The molecule has 1 saturated heterocycles. The molecule has 3 aliphatic heterocycles. The predicted molar refractivity (Wildman–Crippen MR) is 121 cm³/mol. The summed E-state index contributed by atoms with van der Waals surface area (Å²) in [5, 5.41) is 4.47. The van der Waals surface area contributed by atoms with E-state index in [2.05, 4.69) is 22.5 Å². The van der Waals surface area contributed by atoms with Crippen LogP contribution in [0.1, 0.15) is 37.0 Å². The minimum atomic E-state index is -3.76. The van der Waals surface area contributed by atoms with Gasteiger partial charge in [0.1, 0.15) is 5.54 Å². The summed E-state index contributed by atoms with van der Waals surface area (Å²) < 4.78 is 27.0. The lowest BCUT2D eigenvalue weighted by Gasteiger charge is -2.29. The first kappa shape index (κ1) is 23.0. The van der Waals surface area contributed by atoms with Gasteiger partial charge < -0.3 is 10.2 Å². The Morgan fingerprint density at radius 3 is 2.61 bits per heavy atom. The Kier molecular flexibility index (Phi) is 6.03. The number of hydrogen-bond donors (Lipinski definition) is 2. The smallest absolute Gasteiger partial charge is 0.322 e. The molecule has 0 aromatic heterocycles. The Labute approximate surface area is 193 Å². The number of fused-ring (bicyclic) bond motifs is 1. The number of rotatable bonds is 3. The van der Waals surface area contributed by atoms with Crippen molar-refractivity contribution in [3.8, 4) is 11.8 Å². The first-order chi connectivity index (χ1) is 15.6. The van der Waals surface area contributed by atoms with Crippen molar-refractivity contribution in [2.45, 2.75) is 38.8 Å². The number of imide groups is 1. The van der Waals surface area contributed by atoms with Gasteiger partial charge in [0.25, 0.3) is 5.91 Å². The summed E-state index contributed by atoms with van der Waals surface area (Å²) in [6.07, 6.45) is 3.01. The highest BCUT2D eigenvalue weighted by Gasteiger charge is 2.46. The monoisotopic (exact) mass is 470 g/mol. The average molecular weight is 471 g/mol. The highest BCUT2D eigenvalue weighted by molar-refractivity contribution is 7.89. The molecule has 4 rings (SSSR count). The molecule has 9 nitrogen and oxygen atoms in total. The van der Waals surface area contributed by atoms with Crippen molar-refractivity contribution in [3.05, 3.63) is 46.5 Å². The van der Waals surface area contributed by atoms with Crippen molar-refractivity contribution in [2.75, 3.05) is 25.4 Å². The Bertz CT molecular complexity index is 1230. The van der Waals surface area contributed by atoms with Crippen molar-refractivity contribution in [3.63, 3.8) is 0 Å². The van der Waals surface area contributed by atoms with Gasteiger partial charge in [0.2, 0.25) is 15.9 Å². The largest absolute Gasteiger partial charge is 0.338 e. The number of carbonyl (C=O) groups excluding carboxylic acids is 3. The minimum absolute atomic E-state index is 0.0638. The molecular weight excluding hydrogens is 444 g/mol. The van der Waals surface area contributed by atoms with Crippen molar-refractivity contribution >= 4 is 27.9 Å². The molecule has 174 valence electrons. The van der Waals surface area contributed by atoms with E-state index in [9.17, 15) is 22.8 Å². The van der Waals surface area contributed by atoms with Crippen LogP contribution in [0.4, 0.5) is 4.79 Å². The third kappa shape index (κ3) is 4.79. The van der Waals surface area contributed by atoms with Crippen LogP contribution in [0.15, 0.2) is 29.8 Å². The number of amides is 4. The number of nitrogens with one attached hydrogen (secondary N) is 2. The zero-order valence-corrected chi connectivity index (χ0v) is 19.4. The van der Waals surface area contributed by atoms with Gasteiger partial charge in [-0.25, -0.2) is 13.2 Å². The van der Waals surface area contributed by atoms with Crippen LogP contribution in [-0.2, 0) is 32.6 Å². The number of hydrogen-bond acceptors (Lipinski definition) is 5. The molecule has 0 saturated carbocycles. The van der Waals surface area contributed by atoms with Crippen molar-refractivity contribution < 1.29 is 22.8 Å². The van der Waals surface area contributed by atoms with Gasteiger partial charge in [0.15, 0.2) is 0 Å². The summed E-state index contributed by atoms with van der Waals surface area (Å²) in [6, 6.07) is 5.24. The molecular formula is C23H26N4O5S. The van der Waals surface area contributed by atoms with Crippen LogP contribution in [-0.4, -0.2) is 66.4 Å². The predicted octanol–water partition coefficient (Wildman–Crippen LogP) is 0.503. The molecule has 0 radical (unpaired) electrons. The average Bonchev–Trinajstić information content (AvgIpc) is 3.02. The molecule has 3 heterocycles. The van der Waals surface area contributed by atoms with Crippen molar-refractivity contribution in [1.82, 2.24) is 19.8 Å². The summed E-state index contributed by atoms with van der Waals surface area (Å²) in [6.45, 7) is 4.67. The van der Waals surface area contributed by atoms with Gasteiger partial charge in [-0.05, 0) is 37.0 Å². The molecule has 3 aliphatic rings. The molecule has 1 unspecified atom stereocenters. The third-order valence-corrected chi connectivity index (χ3v) is 8.28. The molecule has 1 atom stereocenters. The Balaban J connectivity index is 1.44. The number of carbonyl (C=O) groups is 3. The molecule has 1 aromatic rings. The van der Waals surface area contributed by atoms with Gasteiger partial charge in [0.05, 0.1) is 5.75 Å². The van der Waals surface area contributed by atoms with Gasteiger partial charge >= 0.3 is 6.03 Å². The van der Waals surface area contributed by atoms with Crippen LogP contribution < -0.4 is 10.6 Å². The second-order valence-corrected chi connectivity index (χ2v) is 10.7. The van der Waals surface area contributed by atoms with Crippen LogP contribution in [0.25, 0.3) is 0 Å². The van der Waals surface area contributed by atoms with Crippen LogP contribution in [0.3, 0.4) is 0 Å². The van der Waals surface area contributed by atoms with Gasteiger partial charge in [-0.15, -0.1) is 0 Å². The van der Waals surface area contributed by atoms with Crippen LogP contribution in [0.2, 0.25) is 0 Å². The van der Waals surface area contributed by atoms with E-state index in [-0.39, 0.29) is 19.0 Å². The molecule has 33 heavy (non-hydrogen) atoms. The molecule has 0 aliphatic carbocycles. The second kappa shape index (κ2) is 8.65.